The van der Waals surface area contributed by atoms with Gasteiger partial charge in [0.25, 0.3) is 17.7 Å². The molecule has 1 fully saturated rings. The number of rotatable bonds is 7. The summed E-state index contributed by atoms with van der Waals surface area (Å²) >= 11 is 0. The van der Waals surface area contributed by atoms with E-state index in [2.05, 4.69) is 22.8 Å². The van der Waals surface area contributed by atoms with E-state index in [1.165, 1.54) is 12.6 Å². The first-order valence-electron chi connectivity index (χ1n) is 10.7. The lowest BCUT2D eigenvalue weighted by molar-refractivity contribution is -0.149. The van der Waals surface area contributed by atoms with Gasteiger partial charge in [-0.25, -0.2) is 0 Å². The van der Waals surface area contributed by atoms with E-state index in [9.17, 15) is 19.2 Å². The van der Waals surface area contributed by atoms with Gasteiger partial charge < -0.3 is 10.6 Å². The Labute approximate surface area is 186 Å². The van der Waals surface area contributed by atoms with Gasteiger partial charge in [0.1, 0.15) is 6.04 Å². The zero-order valence-electron chi connectivity index (χ0n) is 18.2. The zero-order valence-corrected chi connectivity index (χ0v) is 18.2. The van der Waals surface area contributed by atoms with Gasteiger partial charge in [-0.1, -0.05) is 30.3 Å². The van der Waals surface area contributed by atoms with E-state index in [0.717, 1.165) is 28.3 Å². The normalized spacial score (nSPS) is 18.4. The molecule has 1 atom stereocenters. The maximum atomic E-state index is 13.2. The number of hydrogen-bond acceptors (Lipinski definition) is 6. The second kappa shape index (κ2) is 8.92. The number of carbonyl (C=O) groups excluding carboxylic acids is 4. The third-order valence-corrected chi connectivity index (χ3v) is 6.05. The van der Waals surface area contributed by atoms with E-state index in [4.69, 9.17) is 0 Å². The van der Waals surface area contributed by atoms with Crippen LogP contribution in [0.15, 0.2) is 42.5 Å². The first-order chi connectivity index (χ1) is 15.4. The van der Waals surface area contributed by atoms with Crippen LogP contribution < -0.4 is 10.6 Å². The second-order valence-electron chi connectivity index (χ2n) is 8.08. The van der Waals surface area contributed by atoms with Gasteiger partial charge in [0.05, 0.1) is 11.1 Å². The van der Waals surface area contributed by atoms with E-state index in [0.29, 0.717) is 12.2 Å². The molecule has 0 saturated carbocycles. The third-order valence-electron chi connectivity index (χ3n) is 6.05. The van der Waals surface area contributed by atoms with Crippen molar-refractivity contribution in [3.05, 3.63) is 64.7 Å². The molecular formula is C24H26N4O4. The van der Waals surface area contributed by atoms with Crippen LogP contribution in [0.3, 0.4) is 0 Å². The Balaban J connectivity index is 1.52. The Hall–Kier alpha value is -3.52. The number of nitrogens with zero attached hydrogens (tertiary/aromatic N) is 2. The van der Waals surface area contributed by atoms with E-state index in [1.54, 1.807) is 18.2 Å². The summed E-state index contributed by atoms with van der Waals surface area (Å²) in [5.74, 6) is -1.83. The number of imide groups is 2. The molecule has 2 heterocycles. The molecule has 2 aromatic rings. The summed E-state index contributed by atoms with van der Waals surface area (Å²) in [6.45, 7) is 1.40. The lowest BCUT2D eigenvalue weighted by Crippen LogP contribution is -2.54. The number of hydrogen-bond donors (Lipinski definition) is 2. The molecule has 32 heavy (non-hydrogen) atoms. The molecule has 8 heteroatoms. The van der Waals surface area contributed by atoms with Crippen molar-refractivity contribution < 1.29 is 19.2 Å². The highest BCUT2D eigenvalue weighted by Gasteiger charge is 2.47. The second-order valence-corrected chi connectivity index (χ2v) is 8.08. The van der Waals surface area contributed by atoms with Gasteiger partial charge in [0.15, 0.2) is 0 Å². The minimum absolute atomic E-state index is 0.121. The van der Waals surface area contributed by atoms with Gasteiger partial charge in [0.2, 0.25) is 5.91 Å². The van der Waals surface area contributed by atoms with E-state index in [-0.39, 0.29) is 29.9 Å². The fraction of sp³-hybridized carbons (Fsp3) is 0.333. The molecule has 1 saturated heterocycles. The first-order valence-corrected chi connectivity index (χ1v) is 10.7. The number of anilines is 1. The molecule has 4 amide bonds. The van der Waals surface area contributed by atoms with Crippen LogP contribution in [-0.4, -0.2) is 60.1 Å². The summed E-state index contributed by atoms with van der Waals surface area (Å²) < 4.78 is 0. The van der Waals surface area contributed by atoms with Crippen molar-refractivity contribution in [3.63, 3.8) is 0 Å². The van der Waals surface area contributed by atoms with Gasteiger partial charge in [-0.05, 0) is 49.7 Å². The molecule has 2 aromatic carbocycles. The summed E-state index contributed by atoms with van der Waals surface area (Å²) in [6, 6.07) is 12.3. The highest BCUT2D eigenvalue weighted by atomic mass is 16.2. The van der Waals surface area contributed by atoms with Crippen molar-refractivity contribution >= 4 is 29.3 Å². The van der Waals surface area contributed by atoms with Crippen LogP contribution in [0.2, 0.25) is 0 Å². The van der Waals surface area contributed by atoms with Crippen molar-refractivity contribution in [1.29, 1.82) is 0 Å². The summed E-state index contributed by atoms with van der Waals surface area (Å²) in [7, 11) is 3.30. The minimum Gasteiger partial charge on any atom is -0.380 e. The Morgan fingerprint density at radius 3 is 2.41 bits per heavy atom. The molecule has 2 aliphatic rings. The molecule has 0 radical (unpaired) electrons. The maximum Gasteiger partial charge on any atom is 0.264 e. The lowest BCUT2D eigenvalue weighted by Gasteiger charge is -2.32. The SMILES string of the molecule is CNCCc1ccc(CNc2cccc3c2C(=O)N(C2CCC(=O)N(C)C2=O)C3=O)cc1. The molecular weight excluding hydrogens is 408 g/mol. The molecule has 2 N–H and O–H groups in total. The molecule has 0 aliphatic carbocycles. The fourth-order valence-electron chi connectivity index (χ4n) is 4.16. The maximum absolute atomic E-state index is 13.2. The number of nitrogens with one attached hydrogen (secondary N) is 2. The molecule has 4 rings (SSSR count). The summed E-state index contributed by atoms with van der Waals surface area (Å²) in [5, 5.41) is 6.39. The van der Waals surface area contributed by atoms with Crippen molar-refractivity contribution in [2.45, 2.75) is 31.8 Å². The van der Waals surface area contributed by atoms with Gasteiger partial charge in [-0.2, -0.15) is 0 Å². The Morgan fingerprint density at radius 1 is 0.969 bits per heavy atom. The van der Waals surface area contributed by atoms with E-state index in [1.807, 2.05) is 19.2 Å². The van der Waals surface area contributed by atoms with Crippen LogP contribution in [0, 0.1) is 0 Å². The predicted octanol–water partition coefficient (Wildman–Crippen LogP) is 1.80. The van der Waals surface area contributed by atoms with Crippen LogP contribution in [-0.2, 0) is 22.6 Å². The van der Waals surface area contributed by atoms with Gasteiger partial charge in [-0.3, -0.25) is 29.0 Å². The van der Waals surface area contributed by atoms with Gasteiger partial charge >= 0.3 is 0 Å². The fourth-order valence-corrected chi connectivity index (χ4v) is 4.16. The highest BCUT2D eigenvalue weighted by Crippen LogP contribution is 2.33. The number of amides is 4. The van der Waals surface area contributed by atoms with Gasteiger partial charge in [0, 0.05) is 25.7 Å². The minimum atomic E-state index is -0.955. The third kappa shape index (κ3) is 3.89. The molecule has 0 spiro atoms. The molecule has 0 bridgehead atoms. The Morgan fingerprint density at radius 2 is 1.69 bits per heavy atom. The Bertz CT molecular complexity index is 1080. The largest absolute Gasteiger partial charge is 0.380 e. The topological polar surface area (TPSA) is 98.8 Å². The Kier molecular flexibility index (Phi) is 6.05. The highest BCUT2D eigenvalue weighted by molar-refractivity contribution is 6.25. The number of fused-ring (bicyclic) bond motifs is 1. The van der Waals surface area contributed by atoms with Crippen LogP contribution >= 0.6 is 0 Å². The number of piperidine rings is 1. The molecule has 1 unspecified atom stereocenters. The number of carbonyl (C=O) groups is 4. The lowest BCUT2D eigenvalue weighted by atomic mass is 10.0. The quantitative estimate of drug-likeness (QED) is 0.645. The zero-order chi connectivity index (χ0) is 22.8. The van der Waals surface area contributed by atoms with E-state index >= 15 is 0 Å². The van der Waals surface area contributed by atoms with Crippen molar-refractivity contribution in [2.75, 3.05) is 26.0 Å². The summed E-state index contributed by atoms with van der Waals surface area (Å²) in [6.07, 6.45) is 1.22. The van der Waals surface area contributed by atoms with Crippen molar-refractivity contribution in [1.82, 2.24) is 15.1 Å². The number of likely N-dealkylation sites (tertiary alicyclic amines) is 1. The monoisotopic (exact) mass is 434 g/mol. The number of likely N-dealkylation sites (N-methyl/N-ethyl adjacent to an activating group) is 2. The van der Waals surface area contributed by atoms with Crippen LogP contribution in [0.4, 0.5) is 5.69 Å². The standard InChI is InChI=1S/C24H26N4O4/c1-25-13-12-15-6-8-16(9-7-15)14-26-18-5-3-4-17-21(18)24(32)28(22(17)30)19-10-11-20(29)27(2)23(19)31/h3-9,19,25-26H,10-14H2,1-2H3. The molecule has 166 valence electrons. The summed E-state index contributed by atoms with van der Waals surface area (Å²) in [4.78, 5) is 52.6. The van der Waals surface area contributed by atoms with Crippen LogP contribution in [0.25, 0.3) is 0 Å². The van der Waals surface area contributed by atoms with Crippen molar-refractivity contribution in [2.24, 2.45) is 0 Å². The predicted molar refractivity (Wildman–Crippen MR) is 119 cm³/mol. The first kappa shape index (κ1) is 21.7. The summed E-state index contributed by atoms with van der Waals surface area (Å²) in [5.41, 5.74) is 3.38. The van der Waals surface area contributed by atoms with Crippen molar-refractivity contribution in [3.8, 4) is 0 Å². The molecule has 2 aliphatic heterocycles. The van der Waals surface area contributed by atoms with Crippen LogP contribution in [0.1, 0.15) is 44.7 Å². The average molecular weight is 434 g/mol. The van der Waals surface area contributed by atoms with Crippen LogP contribution in [0.5, 0.6) is 0 Å². The molecule has 8 nitrogen and oxygen atoms in total. The average Bonchev–Trinajstić information content (AvgIpc) is 3.06. The smallest absolute Gasteiger partial charge is 0.264 e. The molecule has 0 aromatic heterocycles. The number of benzene rings is 2. The van der Waals surface area contributed by atoms with E-state index < -0.39 is 23.8 Å². The van der Waals surface area contributed by atoms with Gasteiger partial charge in [-0.15, -0.1) is 0 Å².